The van der Waals surface area contributed by atoms with Crippen LogP contribution in [-0.2, 0) is 4.43 Å². The zero-order valence-corrected chi connectivity index (χ0v) is 18.2. The molecule has 1 aliphatic heterocycles. The summed E-state index contributed by atoms with van der Waals surface area (Å²) in [4.78, 5) is 0. The summed E-state index contributed by atoms with van der Waals surface area (Å²) in [5, 5.41) is 11.5. The van der Waals surface area contributed by atoms with Crippen LogP contribution in [0.1, 0.15) is 63.2 Å². The summed E-state index contributed by atoms with van der Waals surface area (Å²) in [6.45, 7) is 15.8. The Kier molecular flexibility index (Phi) is 4.30. The normalized spacial score (nSPS) is 32.1. The smallest absolute Gasteiger partial charge is 0.231 e. The molecule has 0 spiro atoms. The Morgan fingerprint density at radius 3 is 2.44 bits per heavy atom. The van der Waals surface area contributed by atoms with Gasteiger partial charge in [0.25, 0.3) is 0 Å². The van der Waals surface area contributed by atoms with E-state index in [1.165, 1.54) is 0 Å². The molecule has 148 valence electrons. The van der Waals surface area contributed by atoms with Crippen LogP contribution in [0.15, 0.2) is 24.8 Å². The topological polar surface area (TPSA) is 47.9 Å². The van der Waals surface area contributed by atoms with Crippen molar-refractivity contribution in [2.75, 3.05) is 6.79 Å². The van der Waals surface area contributed by atoms with E-state index in [-0.39, 0.29) is 29.3 Å². The predicted octanol–water partition coefficient (Wildman–Crippen LogP) is 5.29. The standard InChI is InChI=1S/C22H32O4Si/c1-7-22-10-8-9-16(26-27(5,6)21(2,3)4)19(22)14-11-17-18(25-13-24-17)12-15(14)20(22)23/h7,11-12,16,19-20,23H,1,8-10,13H2,2-6H3/t16-,19+,20?,22-/m1/s1. The van der Waals surface area contributed by atoms with Crippen molar-refractivity contribution in [3.05, 3.63) is 35.9 Å². The van der Waals surface area contributed by atoms with Crippen LogP contribution in [-0.4, -0.2) is 26.3 Å². The van der Waals surface area contributed by atoms with Crippen LogP contribution in [0.5, 0.6) is 11.5 Å². The van der Waals surface area contributed by atoms with Crippen LogP contribution in [0.2, 0.25) is 18.1 Å². The molecule has 1 aromatic rings. The first-order chi connectivity index (χ1) is 12.6. The minimum absolute atomic E-state index is 0.0916. The fraction of sp³-hybridized carbons (Fsp3) is 0.636. The molecule has 1 aromatic carbocycles. The van der Waals surface area contributed by atoms with E-state index >= 15 is 0 Å². The average molecular weight is 389 g/mol. The lowest BCUT2D eigenvalue weighted by atomic mass is 9.64. The molecule has 0 saturated heterocycles. The molecule has 0 radical (unpaired) electrons. The van der Waals surface area contributed by atoms with E-state index in [0.29, 0.717) is 0 Å². The first-order valence-corrected chi connectivity index (χ1v) is 12.9. The lowest BCUT2D eigenvalue weighted by molar-refractivity contribution is -0.0159. The Balaban J connectivity index is 1.79. The lowest BCUT2D eigenvalue weighted by Gasteiger charge is -2.48. The Hall–Kier alpha value is -1.30. The molecule has 1 unspecified atom stereocenters. The van der Waals surface area contributed by atoms with Gasteiger partial charge in [-0.25, -0.2) is 0 Å². The Labute approximate surface area is 163 Å². The van der Waals surface area contributed by atoms with Crippen molar-refractivity contribution in [2.45, 2.75) is 76.3 Å². The minimum atomic E-state index is -1.93. The van der Waals surface area contributed by atoms with Gasteiger partial charge in [-0.2, -0.15) is 0 Å². The molecule has 1 N–H and O–H groups in total. The Morgan fingerprint density at radius 1 is 1.22 bits per heavy atom. The minimum Gasteiger partial charge on any atom is -0.454 e. The molecular weight excluding hydrogens is 356 g/mol. The molecule has 1 saturated carbocycles. The highest BCUT2D eigenvalue weighted by Crippen LogP contribution is 2.64. The molecule has 4 atom stereocenters. The zero-order chi connectivity index (χ0) is 19.6. The van der Waals surface area contributed by atoms with E-state index in [2.05, 4.69) is 46.5 Å². The number of rotatable bonds is 3. The highest BCUT2D eigenvalue weighted by molar-refractivity contribution is 6.74. The monoisotopic (exact) mass is 388 g/mol. The highest BCUT2D eigenvalue weighted by Gasteiger charge is 2.57. The van der Waals surface area contributed by atoms with Gasteiger partial charge < -0.3 is 19.0 Å². The Bertz CT molecular complexity index is 766. The summed E-state index contributed by atoms with van der Waals surface area (Å²) < 4.78 is 18.1. The van der Waals surface area contributed by atoms with Crippen LogP contribution in [0.25, 0.3) is 0 Å². The second-order valence-electron chi connectivity index (χ2n) is 9.84. The molecular formula is C22H32O4Si. The molecule has 0 amide bonds. The number of hydrogen-bond acceptors (Lipinski definition) is 4. The van der Waals surface area contributed by atoms with Crippen molar-refractivity contribution in [3.63, 3.8) is 0 Å². The first kappa shape index (κ1) is 19.0. The second kappa shape index (κ2) is 6.10. The van der Waals surface area contributed by atoms with Gasteiger partial charge in [-0.15, -0.1) is 6.58 Å². The summed E-state index contributed by atoms with van der Waals surface area (Å²) in [7, 11) is -1.93. The van der Waals surface area contributed by atoms with Gasteiger partial charge in [0.15, 0.2) is 19.8 Å². The van der Waals surface area contributed by atoms with Crippen LogP contribution in [0, 0.1) is 5.41 Å². The zero-order valence-electron chi connectivity index (χ0n) is 17.2. The number of fused-ring (bicyclic) bond motifs is 4. The van der Waals surface area contributed by atoms with Crippen molar-refractivity contribution in [1.29, 1.82) is 0 Å². The maximum absolute atomic E-state index is 11.3. The molecule has 0 aromatic heterocycles. The molecule has 27 heavy (non-hydrogen) atoms. The molecule has 1 fully saturated rings. The number of aliphatic hydroxyl groups is 1. The van der Waals surface area contributed by atoms with Gasteiger partial charge in [0.1, 0.15) is 0 Å². The second-order valence-corrected chi connectivity index (χ2v) is 14.6. The summed E-state index contributed by atoms with van der Waals surface area (Å²) in [5.41, 5.74) is 1.73. The van der Waals surface area contributed by atoms with Gasteiger partial charge >= 0.3 is 0 Å². The third-order valence-corrected chi connectivity index (χ3v) is 11.9. The van der Waals surface area contributed by atoms with E-state index in [9.17, 15) is 5.11 Å². The van der Waals surface area contributed by atoms with Crippen molar-refractivity contribution in [1.82, 2.24) is 0 Å². The number of hydrogen-bond donors (Lipinski definition) is 1. The maximum atomic E-state index is 11.3. The van der Waals surface area contributed by atoms with Gasteiger partial charge in [-0.05, 0) is 60.7 Å². The van der Waals surface area contributed by atoms with Gasteiger partial charge in [-0.3, -0.25) is 0 Å². The molecule has 3 aliphatic rings. The number of aliphatic hydroxyl groups excluding tert-OH is 1. The van der Waals surface area contributed by atoms with Crippen molar-refractivity contribution < 1.29 is 19.0 Å². The van der Waals surface area contributed by atoms with E-state index in [1.54, 1.807) is 0 Å². The summed E-state index contributed by atoms with van der Waals surface area (Å²) in [6, 6.07) is 4.04. The third kappa shape index (κ3) is 2.70. The van der Waals surface area contributed by atoms with Crippen LogP contribution in [0.3, 0.4) is 0 Å². The van der Waals surface area contributed by atoms with Crippen molar-refractivity contribution >= 4 is 8.32 Å². The number of ether oxygens (including phenoxy) is 2. The van der Waals surface area contributed by atoms with Gasteiger partial charge in [-0.1, -0.05) is 26.8 Å². The van der Waals surface area contributed by atoms with Gasteiger partial charge in [0, 0.05) is 11.3 Å². The molecule has 5 heteroatoms. The quantitative estimate of drug-likeness (QED) is 0.564. The highest BCUT2D eigenvalue weighted by atomic mass is 28.4. The van der Waals surface area contributed by atoms with Crippen LogP contribution in [0.4, 0.5) is 0 Å². The first-order valence-electron chi connectivity index (χ1n) is 10.0. The lowest BCUT2D eigenvalue weighted by Crippen LogP contribution is -2.49. The van der Waals surface area contributed by atoms with E-state index in [0.717, 1.165) is 41.9 Å². The number of benzene rings is 1. The third-order valence-electron chi connectivity index (χ3n) is 7.40. The van der Waals surface area contributed by atoms with Crippen LogP contribution < -0.4 is 9.47 Å². The van der Waals surface area contributed by atoms with Crippen LogP contribution >= 0.6 is 0 Å². The molecule has 1 heterocycles. The molecule has 2 aliphatic carbocycles. The Morgan fingerprint density at radius 2 is 1.85 bits per heavy atom. The van der Waals surface area contributed by atoms with Crippen molar-refractivity contribution in [3.8, 4) is 11.5 Å². The fourth-order valence-electron chi connectivity index (χ4n) is 4.87. The largest absolute Gasteiger partial charge is 0.454 e. The predicted molar refractivity (Wildman–Crippen MR) is 109 cm³/mol. The molecule has 4 rings (SSSR count). The SMILES string of the molecule is C=C[C@@]12CCC[C@@H](O[Si](C)(C)C(C)(C)C)[C@@H]1c1cc3c(cc1C2O)OCO3. The summed E-state index contributed by atoms with van der Waals surface area (Å²) in [6.07, 6.45) is 4.49. The maximum Gasteiger partial charge on any atom is 0.231 e. The van der Waals surface area contributed by atoms with E-state index in [4.69, 9.17) is 13.9 Å². The van der Waals surface area contributed by atoms with E-state index < -0.39 is 14.4 Å². The van der Waals surface area contributed by atoms with Gasteiger partial charge in [0.05, 0.1) is 12.2 Å². The van der Waals surface area contributed by atoms with E-state index in [1.807, 2.05) is 12.1 Å². The summed E-state index contributed by atoms with van der Waals surface area (Å²) >= 11 is 0. The molecule has 0 bridgehead atoms. The van der Waals surface area contributed by atoms with Gasteiger partial charge in [0.2, 0.25) is 6.79 Å². The van der Waals surface area contributed by atoms with Crippen molar-refractivity contribution in [2.24, 2.45) is 5.41 Å². The molecule has 4 nitrogen and oxygen atoms in total. The average Bonchev–Trinajstić information content (AvgIpc) is 3.14. The fourth-order valence-corrected chi connectivity index (χ4v) is 6.23. The summed E-state index contributed by atoms with van der Waals surface area (Å²) in [5.74, 6) is 1.61.